The lowest BCUT2D eigenvalue weighted by Gasteiger charge is -2.15. The van der Waals surface area contributed by atoms with E-state index in [0.717, 1.165) is 10.9 Å². The van der Waals surface area contributed by atoms with E-state index in [2.05, 4.69) is 33.7 Å². The van der Waals surface area contributed by atoms with Gasteiger partial charge in [0.1, 0.15) is 11.5 Å². The lowest BCUT2D eigenvalue weighted by molar-refractivity contribution is -0.123. The Kier molecular flexibility index (Phi) is 7.67. The maximum absolute atomic E-state index is 12.4. The van der Waals surface area contributed by atoms with Crippen LogP contribution in [-0.4, -0.2) is 24.5 Å². The van der Waals surface area contributed by atoms with Gasteiger partial charge >= 0.3 is 0 Å². The van der Waals surface area contributed by atoms with Crippen molar-refractivity contribution in [2.75, 3.05) is 6.61 Å². The number of hydrogen-bond acceptors (Lipinski definition) is 4. The van der Waals surface area contributed by atoms with E-state index in [-0.39, 0.29) is 12.7 Å². The van der Waals surface area contributed by atoms with Crippen LogP contribution in [0.1, 0.15) is 36.7 Å². The average molecular weight is 435 g/mol. The smallest absolute Gasteiger partial charge is 0.276 e. The summed E-state index contributed by atoms with van der Waals surface area (Å²) < 4.78 is 11.8. The van der Waals surface area contributed by atoms with E-state index >= 15 is 0 Å². The number of carbonyl (C=O) groups is 2. The van der Waals surface area contributed by atoms with E-state index in [9.17, 15) is 9.59 Å². The van der Waals surface area contributed by atoms with Gasteiger partial charge in [0, 0.05) is 4.47 Å². The van der Waals surface area contributed by atoms with Gasteiger partial charge < -0.3 is 9.47 Å². The number of amides is 2. The van der Waals surface area contributed by atoms with Gasteiger partial charge in [0.2, 0.25) is 0 Å². The van der Waals surface area contributed by atoms with Crippen molar-refractivity contribution in [3.05, 3.63) is 58.1 Å². The second-order valence-electron chi connectivity index (χ2n) is 6.10. The Morgan fingerprint density at radius 1 is 1.07 bits per heavy atom. The SMILES string of the molecule is CCc1ccc(OCC(=O)NNC(=O)c2cc(Br)ccc2OC(C)C)cc1. The molecule has 2 aromatic carbocycles. The maximum Gasteiger partial charge on any atom is 0.276 e. The van der Waals surface area contributed by atoms with Crippen molar-refractivity contribution in [1.82, 2.24) is 10.9 Å². The predicted molar refractivity (Wildman–Crippen MR) is 107 cm³/mol. The van der Waals surface area contributed by atoms with Gasteiger partial charge in [-0.05, 0) is 56.2 Å². The summed E-state index contributed by atoms with van der Waals surface area (Å²) in [5.41, 5.74) is 6.22. The van der Waals surface area contributed by atoms with Crippen LogP contribution in [0.5, 0.6) is 11.5 Å². The number of ether oxygens (including phenoxy) is 2. The second kappa shape index (κ2) is 9.97. The first-order chi connectivity index (χ1) is 12.9. The van der Waals surface area contributed by atoms with Crippen LogP contribution in [0.4, 0.5) is 0 Å². The van der Waals surface area contributed by atoms with Gasteiger partial charge in [0.15, 0.2) is 6.61 Å². The summed E-state index contributed by atoms with van der Waals surface area (Å²) in [7, 11) is 0. The number of rotatable bonds is 7. The summed E-state index contributed by atoms with van der Waals surface area (Å²) in [6.45, 7) is 5.60. The highest BCUT2D eigenvalue weighted by Gasteiger charge is 2.15. The van der Waals surface area contributed by atoms with Crippen LogP contribution in [0.2, 0.25) is 0 Å². The van der Waals surface area contributed by atoms with Crippen LogP contribution >= 0.6 is 15.9 Å². The third kappa shape index (κ3) is 6.60. The maximum atomic E-state index is 12.4. The van der Waals surface area contributed by atoms with Gasteiger partial charge in [-0.1, -0.05) is 35.0 Å². The summed E-state index contributed by atoms with van der Waals surface area (Å²) in [6, 6.07) is 12.6. The molecule has 0 fully saturated rings. The van der Waals surface area contributed by atoms with E-state index in [1.807, 2.05) is 38.1 Å². The molecule has 0 aromatic heterocycles. The van der Waals surface area contributed by atoms with Crippen LogP contribution in [0.3, 0.4) is 0 Å². The first-order valence-corrected chi connectivity index (χ1v) is 9.45. The number of aryl methyl sites for hydroxylation is 1. The molecule has 0 spiro atoms. The van der Waals surface area contributed by atoms with E-state index in [0.29, 0.717) is 17.1 Å². The molecule has 2 rings (SSSR count). The molecule has 0 saturated heterocycles. The number of halogens is 1. The average Bonchev–Trinajstić information content (AvgIpc) is 2.65. The van der Waals surface area contributed by atoms with Crippen LogP contribution in [0.25, 0.3) is 0 Å². The van der Waals surface area contributed by atoms with Crippen molar-refractivity contribution in [3.8, 4) is 11.5 Å². The Morgan fingerprint density at radius 3 is 2.41 bits per heavy atom. The van der Waals surface area contributed by atoms with Gasteiger partial charge in [-0.25, -0.2) is 0 Å². The van der Waals surface area contributed by atoms with Gasteiger partial charge in [0.05, 0.1) is 11.7 Å². The van der Waals surface area contributed by atoms with Gasteiger partial charge in [-0.3, -0.25) is 20.4 Å². The van der Waals surface area contributed by atoms with Crippen molar-refractivity contribution in [2.45, 2.75) is 33.3 Å². The molecule has 144 valence electrons. The molecule has 0 saturated carbocycles. The number of benzene rings is 2. The quantitative estimate of drug-likeness (QED) is 0.652. The Hall–Kier alpha value is -2.54. The molecule has 0 bridgehead atoms. The zero-order valence-electron chi connectivity index (χ0n) is 15.5. The molecule has 2 amide bonds. The van der Waals surface area contributed by atoms with E-state index in [1.54, 1.807) is 18.2 Å². The number of nitrogens with one attached hydrogen (secondary N) is 2. The van der Waals surface area contributed by atoms with Crippen LogP contribution in [0, 0.1) is 0 Å². The van der Waals surface area contributed by atoms with Crippen LogP contribution < -0.4 is 20.3 Å². The molecule has 0 aliphatic rings. The molecule has 0 unspecified atom stereocenters. The first-order valence-electron chi connectivity index (χ1n) is 8.66. The minimum Gasteiger partial charge on any atom is -0.490 e. The Bertz CT molecular complexity index is 791. The Labute approximate surface area is 167 Å². The third-order valence-corrected chi connectivity index (χ3v) is 4.06. The lowest BCUT2D eigenvalue weighted by Crippen LogP contribution is -2.44. The summed E-state index contributed by atoms with van der Waals surface area (Å²) in [4.78, 5) is 24.3. The largest absolute Gasteiger partial charge is 0.490 e. The molecule has 0 aliphatic heterocycles. The van der Waals surface area contributed by atoms with Crippen molar-refractivity contribution < 1.29 is 19.1 Å². The second-order valence-corrected chi connectivity index (χ2v) is 7.01. The zero-order chi connectivity index (χ0) is 19.8. The van der Waals surface area contributed by atoms with Crippen molar-refractivity contribution in [2.24, 2.45) is 0 Å². The lowest BCUT2D eigenvalue weighted by atomic mass is 10.2. The first kappa shape index (κ1) is 20.8. The Morgan fingerprint density at radius 2 is 1.78 bits per heavy atom. The van der Waals surface area contributed by atoms with Crippen LogP contribution in [0.15, 0.2) is 46.9 Å². The minimum absolute atomic E-state index is 0.0835. The molecular weight excluding hydrogens is 412 g/mol. The minimum atomic E-state index is -0.479. The summed E-state index contributed by atoms with van der Waals surface area (Å²) >= 11 is 3.33. The molecule has 27 heavy (non-hydrogen) atoms. The topological polar surface area (TPSA) is 76.7 Å². The fourth-order valence-electron chi connectivity index (χ4n) is 2.24. The van der Waals surface area contributed by atoms with Crippen molar-refractivity contribution >= 4 is 27.7 Å². The number of carbonyl (C=O) groups excluding carboxylic acids is 2. The molecule has 2 N–H and O–H groups in total. The Balaban J connectivity index is 1.89. The molecule has 6 nitrogen and oxygen atoms in total. The standard InChI is InChI=1S/C20H23BrN2O4/c1-4-14-5-8-16(9-6-14)26-12-19(24)22-23-20(25)17-11-15(21)7-10-18(17)27-13(2)3/h5-11,13H,4,12H2,1-3H3,(H,22,24)(H,23,25). The molecule has 0 radical (unpaired) electrons. The van der Waals surface area contributed by atoms with Crippen molar-refractivity contribution in [1.29, 1.82) is 0 Å². The molecular formula is C20H23BrN2O4. The molecule has 0 aliphatic carbocycles. The number of hydrogen-bond donors (Lipinski definition) is 2. The van der Waals surface area contributed by atoms with Gasteiger partial charge in [0.25, 0.3) is 11.8 Å². The third-order valence-electron chi connectivity index (χ3n) is 3.57. The predicted octanol–water partition coefficient (Wildman–Crippen LogP) is 3.64. The molecule has 0 atom stereocenters. The van der Waals surface area contributed by atoms with Gasteiger partial charge in [-0.2, -0.15) is 0 Å². The normalized spacial score (nSPS) is 10.4. The fourth-order valence-corrected chi connectivity index (χ4v) is 2.60. The van der Waals surface area contributed by atoms with Crippen LogP contribution in [-0.2, 0) is 11.2 Å². The van der Waals surface area contributed by atoms with E-state index in [4.69, 9.17) is 9.47 Å². The summed E-state index contributed by atoms with van der Waals surface area (Å²) in [6.07, 6.45) is 0.852. The summed E-state index contributed by atoms with van der Waals surface area (Å²) in [5, 5.41) is 0. The van der Waals surface area contributed by atoms with Gasteiger partial charge in [-0.15, -0.1) is 0 Å². The number of hydrazine groups is 1. The highest BCUT2D eigenvalue weighted by atomic mass is 79.9. The molecule has 7 heteroatoms. The molecule has 0 heterocycles. The van der Waals surface area contributed by atoms with E-state index in [1.165, 1.54) is 5.56 Å². The summed E-state index contributed by atoms with van der Waals surface area (Å²) in [5.74, 6) is 0.0809. The van der Waals surface area contributed by atoms with E-state index < -0.39 is 11.8 Å². The monoisotopic (exact) mass is 434 g/mol. The zero-order valence-corrected chi connectivity index (χ0v) is 17.1. The highest BCUT2D eigenvalue weighted by Crippen LogP contribution is 2.24. The highest BCUT2D eigenvalue weighted by molar-refractivity contribution is 9.10. The molecule has 2 aromatic rings. The fraction of sp³-hybridized carbons (Fsp3) is 0.300. The van der Waals surface area contributed by atoms with Crippen molar-refractivity contribution in [3.63, 3.8) is 0 Å².